The molecule has 0 aliphatic rings. The standard InChI is InChI=1S/C24H29I2N3O4/c1-14(2)10-19(23(27)32)29-24(33)20(13-16-11-17(25)22(31)18(26)12-16)28-21(30)9-8-15-6-4-3-5-7-15/h3-7,11-12,14,19-20,31H,8-10,13H2,1-2H3,(H2,27,32)(H,28,30)(H,29,33)/t19-,20-/m0/s1. The van der Waals surface area contributed by atoms with Crippen molar-refractivity contribution in [2.75, 3.05) is 0 Å². The first-order valence-corrected chi connectivity index (χ1v) is 12.8. The lowest BCUT2D eigenvalue weighted by Gasteiger charge is -2.23. The fourth-order valence-corrected chi connectivity index (χ4v) is 5.24. The summed E-state index contributed by atoms with van der Waals surface area (Å²) in [7, 11) is 0. The molecule has 0 saturated heterocycles. The van der Waals surface area contributed by atoms with Gasteiger partial charge in [-0.2, -0.15) is 0 Å². The van der Waals surface area contributed by atoms with Crippen molar-refractivity contribution in [2.45, 2.75) is 51.6 Å². The molecule has 0 unspecified atom stereocenters. The van der Waals surface area contributed by atoms with E-state index in [9.17, 15) is 19.5 Å². The van der Waals surface area contributed by atoms with Crippen LogP contribution in [0.25, 0.3) is 0 Å². The number of benzene rings is 2. The second-order valence-corrected chi connectivity index (χ2v) is 10.6. The monoisotopic (exact) mass is 677 g/mol. The predicted octanol–water partition coefficient (Wildman–Crippen LogP) is 3.28. The Bertz CT molecular complexity index is 960. The molecule has 0 spiro atoms. The zero-order valence-corrected chi connectivity index (χ0v) is 22.9. The molecule has 178 valence electrons. The lowest BCUT2D eigenvalue weighted by Crippen LogP contribution is -2.54. The third-order valence-corrected chi connectivity index (χ3v) is 6.66. The van der Waals surface area contributed by atoms with Crippen molar-refractivity contribution in [1.82, 2.24) is 10.6 Å². The van der Waals surface area contributed by atoms with Gasteiger partial charge in [0.2, 0.25) is 17.7 Å². The van der Waals surface area contributed by atoms with Gasteiger partial charge in [0.25, 0.3) is 0 Å². The number of aromatic hydroxyl groups is 1. The van der Waals surface area contributed by atoms with Crippen LogP contribution in [0.15, 0.2) is 42.5 Å². The lowest BCUT2D eigenvalue weighted by molar-refractivity contribution is -0.131. The Balaban J connectivity index is 2.18. The number of amides is 3. The highest BCUT2D eigenvalue weighted by Gasteiger charge is 2.27. The van der Waals surface area contributed by atoms with Crippen LogP contribution >= 0.6 is 45.2 Å². The van der Waals surface area contributed by atoms with E-state index in [4.69, 9.17) is 5.73 Å². The van der Waals surface area contributed by atoms with Crippen LogP contribution in [-0.2, 0) is 27.2 Å². The van der Waals surface area contributed by atoms with Crippen LogP contribution in [0.4, 0.5) is 0 Å². The molecule has 0 aromatic heterocycles. The lowest BCUT2D eigenvalue weighted by atomic mass is 10.0. The summed E-state index contributed by atoms with van der Waals surface area (Å²) in [4.78, 5) is 37.6. The summed E-state index contributed by atoms with van der Waals surface area (Å²) in [5.74, 6) is -1.01. The minimum Gasteiger partial charge on any atom is -0.506 e. The van der Waals surface area contributed by atoms with Crippen molar-refractivity contribution in [3.8, 4) is 5.75 Å². The summed E-state index contributed by atoms with van der Waals surface area (Å²) in [6.45, 7) is 3.87. The SMILES string of the molecule is CC(C)C[C@H](NC(=O)[C@H](Cc1cc(I)c(O)c(I)c1)NC(=O)CCc1ccccc1)C(N)=O. The van der Waals surface area contributed by atoms with Crippen molar-refractivity contribution in [3.63, 3.8) is 0 Å². The normalized spacial score (nSPS) is 12.8. The van der Waals surface area contributed by atoms with E-state index in [-0.39, 0.29) is 30.4 Å². The highest BCUT2D eigenvalue weighted by molar-refractivity contribution is 14.1. The molecule has 0 heterocycles. The first-order valence-electron chi connectivity index (χ1n) is 10.7. The number of aryl methyl sites for hydroxylation is 1. The number of carbonyl (C=O) groups excluding carboxylic acids is 3. The summed E-state index contributed by atoms with van der Waals surface area (Å²) in [6, 6.07) is 11.5. The molecule has 3 amide bonds. The largest absolute Gasteiger partial charge is 0.506 e. The zero-order valence-electron chi connectivity index (χ0n) is 18.6. The molecule has 0 fully saturated rings. The smallest absolute Gasteiger partial charge is 0.243 e. The average Bonchev–Trinajstić information content (AvgIpc) is 2.75. The van der Waals surface area contributed by atoms with Gasteiger partial charge >= 0.3 is 0 Å². The molecule has 0 saturated carbocycles. The molecule has 33 heavy (non-hydrogen) atoms. The topological polar surface area (TPSA) is 122 Å². The van der Waals surface area contributed by atoms with E-state index in [1.165, 1.54) is 0 Å². The van der Waals surface area contributed by atoms with Crippen LogP contribution in [-0.4, -0.2) is 34.9 Å². The van der Waals surface area contributed by atoms with Gasteiger partial charge in [0.05, 0.1) is 7.14 Å². The highest BCUT2D eigenvalue weighted by Crippen LogP contribution is 2.28. The third kappa shape index (κ3) is 9.11. The Kier molecular flexibility index (Phi) is 10.9. The van der Waals surface area contributed by atoms with Gasteiger partial charge in [0.1, 0.15) is 17.8 Å². The van der Waals surface area contributed by atoms with Crippen molar-refractivity contribution in [2.24, 2.45) is 11.7 Å². The average molecular weight is 677 g/mol. The second-order valence-electron chi connectivity index (χ2n) is 8.31. The van der Waals surface area contributed by atoms with Crippen LogP contribution in [0.1, 0.15) is 37.8 Å². The quantitative estimate of drug-likeness (QED) is 0.273. The Morgan fingerprint density at radius 1 is 0.970 bits per heavy atom. The minimum atomic E-state index is -0.890. The molecule has 2 rings (SSSR count). The molecule has 9 heteroatoms. The molecule has 0 radical (unpaired) electrons. The summed E-state index contributed by atoms with van der Waals surface area (Å²) in [5.41, 5.74) is 7.30. The molecule has 2 atom stereocenters. The molecular weight excluding hydrogens is 648 g/mol. The summed E-state index contributed by atoms with van der Waals surface area (Å²) < 4.78 is 1.30. The van der Waals surface area contributed by atoms with Crippen LogP contribution in [0.5, 0.6) is 5.75 Å². The number of nitrogens with two attached hydrogens (primary N) is 1. The molecule has 2 aromatic rings. The molecule has 2 aromatic carbocycles. The number of phenols is 1. The first-order chi connectivity index (χ1) is 15.6. The van der Waals surface area contributed by atoms with Crippen LogP contribution in [0.2, 0.25) is 0 Å². The number of hydrogen-bond donors (Lipinski definition) is 4. The van der Waals surface area contributed by atoms with Crippen molar-refractivity contribution in [3.05, 3.63) is 60.7 Å². The maximum absolute atomic E-state index is 13.1. The van der Waals surface area contributed by atoms with Gasteiger partial charge in [0.15, 0.2) is 0 Å². The van der Waals surface area contributed by atoms with E-state index in [0.717, 1.165) is 11.1 Å². The predicted molar refractivity (Wildman–Crippen MR) is 145 cm³/mol. The van der Waals surface area contributed by atoms with E-state index in [0.29, 0.717) is 20.0 Å². The minimum absolute atomic E-state index is 0.155. The molecular formula is C24H29I2N3O4. The van der Waals surface area contributed by atoms with Crippen LogP contribution in [0, 0.1) is 13.1 Å². The number of carbonyl (C=O) groups is 3. The van der Waals surface area contributed by atoms with Crippen molar-refractivity contribution in [1.29, 1.82) is 0 Å². The number of nitrogens with one attached hydrogen (secondary N) is 2. The van der Waals surface area contributed by atoms with Gasteiger partial charge in [-0.25, -0.2) is 0 Å². The highest BCUT2D eigenvalue weighted by atomic mass is 127. The van der Waals surface area contributed by atoms with E-state index in [1.54, 1.807) is 12.1 Å². The Morgan fingerprint density at radius 2 is 1.58 bits per heavy atom. The third-order valence-electron chi connectivity index (χ3n) is 5.02. The van der Waals surface area contributed by atoms with E-state index < -0.39 is 23.9 Å². The van der Waals surface area contributed by atoms with Crippen molar-refractivity contribution < 1.29 is 19.5 Å². The Labute approximate surface area is 221 Å². The number of primary amides is 1. The van der Waals surface area contributed by atoms with E-state index >= 15 is 0 Å². The number of hydrogen-bond acceptors (Lipinski definition) is 4. The maximum atomic E-state index is 13.1. The molecule has 0 bridgehead atoms. The second kappa shape index (κ2) is 13.1. The number of phenolic OH excluding ortho intramolecular Hbond substituents is 1. The number of rotatable bonds is 11. The van der Waals surface area contributed by atoms with Crippen LogP contribution < -0.4 is 16.4 Å². The Hall–Kier alpha value is -1.89. The van der Waals surface area contributed by atoms with Gasteiger partial charge in [0, 0.05) is 12.8 Å². The maximum Gasteiger partial charge on any atom is 0.243 e. The van der Waals surface area contributed by atoms with Crippen LogP contribution in [0.3, 0.4) is 0 Å². The van der Waals surface area contributed by atoms with E-state index in [2.05, 4.69) is 10.6 Å². The molecule has 5 N–H and O–H groups in total. The van der Waals surface area contributed by atoms with E-state index in [1.807, 2.05) is 89.4 Å². The van der Waals surface area contributed by atoms with Gasteiger partial charge < -0.3 is 21.5 Å². The van der Waals surface area contributed by atoms with Crippen molar-refractivity contribution >= 4 is 62.9 Å². The zero-order chi connectivity index (χ0) is 24.5. The molecule has 7 nitrogen and oxygen atoms in total. The fourth-order valence-electron chi connectivity index (χ4n) is 3.34. The first kappa shape index (κ1) is 27.4. The number of halogens is 2. The van der Waals surface area contributed by atoms with Gasteiger partial charge in [-0.3, -0.25) is 14.4 Å². The van der Waals surface area contributed by atoms with Gasteiger partial charge in [-0.15, -0.1) is 0 Å². The summed E-state index contributed by atoms with van der Waals surface area (Å²) >= 11 is 4.05. The molecule has 0 aliphatic carbocycles. The van der Waals surface area contributed by atoms with Gasteiger partial charge in [-0.1, -0.05) is 44.2 Å². The summed E-state index contributed by atoms with van der Waals surface area (Å²) in [5, 5.41) is 15.6. The van der Waals surface area contributed by atoms with Gasteiger partial charge in [-0.05, 0) is 87.2 Å². The fraction of sp³-hybridized carbons (Fsp3) is 0.375. The Morgan fingerprint density at radius 3 is 2.12 bits per heavy atom. The molecule has 0 aliphatic heterocycles. The summed E-state index contributed by atoms with van der Waals surface area (Å²) in [6.07, 6.45) is 1.39.